The standard InChI is InChI=1S/C17H19ClN2O5.C6H6/c1-9-13(16(21)22)14(10-4-2-3-5-11(10)18)15(17(23)24)12(20-9)8-25-7-6-19;1-2-4-6-5-3-1/h2-5,14,20H,6-8,19H2,1H3,(H,21,22)(H,23,24);1-6H/p-2. The summed E-state index contributed by atoms with van der Waals surface area (Å²) in [7, 11) is 0. The molecule has 1 heterocycles. The summed E-state index contributed by atoms with van der Waals surface area (Å²) in [5, 5.41) is 26.5. The van der Waals surface area contributed by atoms with Crippen molar-refractivity contribution in [3.8, 4) is 0 Å². The predicted molar refractivity (Wildman–Crippen MR) is 113 cm³/mol. The zero-order valence-electron chi connectivity index (χ0n) is 17.0. The summed E-state index contributed by atoms with van der Waals surface area (Å²) >= 11 is 6.18. The summed E-state index contributed by atoms with van der Waals surface area (Å²) in [5.74, 6) is -4.15. The monoisotopic (exact) mass is 442 g/mol. The van der Waals surface area contributed by atoms with Crippen LogP contribution in [-0.2, 0) is 14.3 Å². The number of carbonyl (C=O) groups is 2. The summed E-state index contributed by atoms with van der Waals surface area (Å²) in [4.78, 5) is 23.5. The van der Waals surface area contributed by atoms with Crippen molar-refractivity contribution in [3.63, 3.8) is 0 Å². The third-order valence-corrected chi connectivity index (χ3v) is 4.82. The van der Waals surface area contributed by atoms with Crippen LogP contribution in [0.4, 0.5) is 0 Å². The second-order valence-electron chi connectivity index (χ2n) is 6.58. The minimum absolute atomic E-state index is 0.0842. The Kier molecular flexibility index (Phi) is 9.27. The topological polar surface area (TPSA) is 128 Å². The number of rotatable bonds is 7. The average molecular weight is 443 g/mol. The maximum absolute atomic E-state index is 11.8. The van der Waals surface area contributed by atoms with Gasteiger partial charge in [-0.1, -0.05) is 66.2 Å². The number of benzene rings is 2. The molecule has 3 N–H and O–H groups in total. The molecule has 1 unspecified atom stereocenters. The molecule has 0 aliphatic carbocycles. The number of nitrogens with one attached hydrogen (secondary N) is 1. The molecule has 0 saturated carbocycles. The van der Waals surface area contributed by atoms with Gasteiger partial charge in [0.2, 0.25) is 0 Å². The van der Waals surface area contributed by atoms with E-state index in [2.05, 4.69) is 5.32 Å². The van der Waals surface area contributed by atoms with Gasteiger partial charge in [0.05, 0.1) is 25.2 Å². The van der Waals surface area contributed by atoms with E-state index in [-0.39, 0.29) is 47.3 Å². The van der Waals surface area contributed by atoms with E-state index in [4.69, 9.17) is 22.1 Å². The molecule has 31 heavy (non-hydrogen) atoms. The van der Waals surface area contributed by atoms with Gasteiger partial charge in [-0.2, -0.15) is 0 Å². The Bertz CT molecular complexity index is 946. The Morgan fingerprint density at radius 1 is 1.00 bits per heavy atom. The normalized spacial score (nSPS) is 15.6. The van der Waals surface area contributed by atoms with E-state index >= 15 is 0 Å². The molecule has 1 atom stereocenters. The van der Waals surface area contributed by atoms with Crippen LogP contribution in [0.25, 0.3) is 0 Å². The number of dihydropyridines is 1. The van der Waals surface area contributed by atoms with E-state index in [0.717, 1.165) is 0 Å². The molecule has 0 saturated heterocycles. The number of allylic oxidation sites excluding steroid dienone is 1. The van der Waals surface area contributed by atoms with Crippen LogP contribution < -0.4 is 21.3 Å². The fourth-order valence-electron chi connectivity index (χ4n) is 3.18. The summed E-state index contributed by atoms with van der Waals surface area (Å²) in [5.41, 5.74) is 5.67. The molecule has 0 radical (unpaired) electrons. The fourth-order valence-corrected chi connectivity index (χ4v) is 3.43. The second-order valence-corrected chi connectivity index (χ2v) is 6.99. The van der Waals surface area contributed by atoms with Crippen molar-refractivity contribution in [3.05, 3.63) is 93.8 Å². The molecule has 0 bridgehead atoms. The number of aliphatic carboxylic acids is 2. The first kappa shape index (κ1) is 24.1. The van der Waals surface area contributed by atoms with Gasteiger partial charge < -0.3 is 35.6 Å². The molecule has 3 rings (SSSR count). The summed E-state index contributed by atoms with van der Waals surface area (Å²) in [6.07, 6.45) is 0. The number of halogens is 1. The van der Waals surface area contributed by atoms with E-state index in [1.165, 1.54) is 6.92 Å². The Morgan fingerprint density at radius 3 is 2.03 bits per heavy atom. The van der Waals surface area contributed by atoms with Crippen LogP contribution >= 0.6 is 11.6 Å². The Morgan fingerprint density at radius 2 is 1.55 bits per heavy atom. The van der Waals surface area contributed by atoms with Crippen LogP contribution in [0.1, 0.15) is 18.4 Å². The van der Waals surface area contributed by atoms with Crippen molar-refractivity contribution >= 4 is 23.5 Å². The minimum Gasteiger partial charge on any atom is -0.545 e. The maximum Gasteiger partial charge on any atom is 0.0870 e. The van der Waals surface area contributed by atoms with E-state index in [1.807, 2.05) is 36.4 Å². The molecule has 164 valence electrons. The van der Waals surface area contributed by atoms with Crippen molar-refractivity contribution in [2.24, 2.45) is 5.73 Å². The molecule has 0 spiro atoms. The Labute approximate surface area is 185 Å². The lowest BCUT2D eigenvalue weighted by atomic mass is 9.80. The summed E-state index contributed by atoms with van der Waals surface area (Å²) in [6, 6.07) is 18.4. The molecule has 0 aromatic heterocycles. The zero-order valence-corrected chi connectivity index (χ0v) is 17.7. The predicted octanol–water partition coefficient (Wildman–Crippen LogP) is 0.717. The molecule has 0 amide bonds. The average Bonchev–Trinajstić information content (AvgIpc) is 2.75. The van der Waals surface area contributed by atoms with Crippen molar-refractivity contribution in [2.75, 3.05) is 19.8 Å². The van der Waals surface area contributed by atoms with Gasteiger partial charge in [0.25, 0.3) is 0 Å². The highest BCUT2D eigenvalue weighted by Gasteiger charge is 2.32. The van der Waals surface area contributed by atoms with E-state index in [1.54, 1.807) is 24.3 Å². The number of nitrogens with two attached hydrogens (primary N) is 1. The summed E-state index contributed by atoms with van der Waals surface area (Å²) in [6.45, 7) is 1.92. The zero-order chi connectivity index (χ0) is 22.8. The number of carboxylic acids is 2. The van der Waals surface area contributed by atoms with Crippen LogP contribution in [0.3, 0.4) is 0 Å². The molecule has 2 aromatic rings. The van der Waals surface area contributed by atoms with Crippen LogP contribution in [0.15, 0.2) is 83.2 Å². The van der Waals surface area contributed by atoms with Gasteiger partial charge >= 0.3 is 0 Å². The molecule has 0 fully saturated rings. The maximum atomic E-state index is 11.8. The first-order valence-corrected chi connectivity index (χ1v) is 9.92. The van der Waals surface area contributed by atoms with Crippen molar-refractivity contribution in [2.45, 2.75) is 12.8 Å². The molecule has 1 aliphatic rings. The lowest BCUT2D eigenvalue weighted by Gasteiger charge is -2.35. The van der Waals surface area contributed by atoms with Gasteiger partial charge in [-0.25, -0.2) is 0 Å². The highest BCUT2D eigenvalue weighted by atomic mass is 35.5. The molecule has 7 nitrogen and oxygen atoms in total. The molecule has 8 heteroatoms. The lowest BCUT2D eigenvalue weighted by molar-refractivity contribution is -0.300. The Hall–Kier alpha value is -3.13. The van der Waals surface area contributed by atoms with Gasteiger partial charge in [-0.3, -0.25) is 0 Å². The van der Waals surface area contributed by atoms with Gasteiger partial charge in [0.1, 0.15) is 0 Å². The van der Waals surface area contributed by atoms with Gasteiger partial charge in [0.15, 0.2) is 0 Å². The number of ether oxygens (including phenoxy) is 1. The van der Waals surface area contributed by atoms with Gasteiger partial charge in [-0.05, 0) is 18.6 Å². The molecule has 1 aliphatic heterocycles. The highest BCUT2D eigenvalue weighted by Crippen LogP contribution is 2.40. The summed E-state index contributed by atoms with van der Waals surface area (Å²) < 4.78 is 5.31. The second kappa shape index (κ2) is 11.9. The molecular formula is C23H23ClN2O5-2. The largest absolute Gasteiger partial charge is 0.545 e. The van der Waals surface area contributed by atoms with E-state index in [9.17, 15) is 19.8 Å². The lowest BCUT2D eigenvalue weighted by Crippen LogP contribution is -2.41. The highest BCUT2D eigenvalue weighted by molar-refractivity contribution is 6.31. The van der Waals surface area contributed by atoms with Gasteiger partial charge in [0, 0.05) is 40.0 Å². The van der Waals surface area contributed by atoms with Crippen LogP contribution in [0.5, 0.6) is 0 Å². The number of carboxylic acid groups (broad SMARTS) is 2. The minimum atomic E-state index is -1.52. The third kappa shape index (κ3) is 6.42. The first-order chi connectivity index (χ1) is 14.9. The van der Waals surface area contributed by atoms with Crippen LogP contribution in [0, 0.1) is 0 Å². The first-order valence-electron chi connectivity index (χ1n) is 9.54. The number of carbonyl (C=O) groups excluding carboxylic acids is 2. The van der Waals surface area contributed by atoms with Crippen molar-refractivity contribution < 1.29 is 24.5 Å². The number of hydrogen-bond acceptors (Lipinski definition) is 7. The van der Waals surface area contributed by atoms with E-state index in [0.29, 0.717) is 5.56 Å². The van der Waals surface area contributed by atoms with Gasteiger partial charge in [-0.15, -0.1) is 0 Å². The fraction of sp³-hybridized carbons (Fsp3) is 0.217. The SMILES string of the molecule is CC1=C(C(=O)[O-])C(c2ccccc2Cl)C(C(=O)[O-])=C(COCCN)N1.c1ccccc1. The van der Waals surface area contributed by atoms with E-state index < -0.39 is 17.9 Å². The third-order valence-electron chi connectivity index (χ3n) is 4.48. The quantitative estimate of drug-likeness (QED) is 0.604. The smallest absolute Gasteiger partial charge is 0.0870 e. The molecular weight excluding hydrogens is 420 g/mol. The van der Waals surface area contributed by atoms with Crippen molar-refractivity contribution in [1.29, 1.82) is 0 Å². The van der Waals surface area contributed by atoms with Crippen LogP contribution in [-0.4, -0.2) is 31.7 Å². The molecule has 2 aromatic carbocycles. The van der Waals surface area contributed by atoms with Crippen LogP contribution in [0.2, 0.25) is 5.02 Å². The van der Waals surface area contributed by atoms with Crippen molar-refractivity contribution in [1.82, 2.24) is 5.32 Å². The number of hydrogen-bond donors (Lipinski definition) is 2. The Balaban J connectivity index is 0.000000488.